The molecule has 0 bridgehead atoms. The number of benzene rings is 1. The van der Waals surface area contributed by atoms with Crippen LogP contribution in [-0.4, -0.2) is 33.7 Å². The number of alkyl carbamates (subject to hydrolysis) is 1. The van der Waals surface area contributed by atoms with Crippen LogP contribution in [-0.2, 0) is 16.0 Å². The number of nitro benzene ring substituents is 1. The SMILES string of the molecule is CC(C)(C)OC(=O)NC(Cc1ccc(-c2cc([N+](=O)[O-])ccc2Cl)o1)C(=O)O. The molecule has 2 N–H and O–H groups in total. The van der Waals surface area contributed by atoms with Gasteiger partial charge in [0.05, 0.1) is 9.95 Å². The molecule has 0 radical (unpaired) electrons. The molecule has 2 rings (SSSR count). The Morgan fingerprint density at radius 3 is 2.57 bits per heavy atom. The van der Waals surface area contributed by atoms with Gasteiger partial charge in [0, 0.05) is 24.1 Å². The molecule has 28 heavy (non-hydrogen) atoms. The normalized spacial score (nSPS) is 12.3. The molecule has 0 aliphatic carbocycles. The maximum atomic E-state index is 11.8. The zero-order valence-electron chi connectivity index (χ0n) is 15.4. The van der Waals surface area contributed by atoms with E-state index in [-0.39, 0.29) is 28.7 Å². The predicted octanol–water partition coefficient (Wildman–Crippen LogP) is 4.03. The lowest BCUT2D eigenvalue weighted by molar-refractivity contribution is -0.384. The molecule has 0 aliphatic heterocycles. The molecule has 0 saturated heterocycles. The highest BCUT2D eigenvalue weighted by molar-refractivity contribution is 6.33. The number of rotatable bonds is 6. The van der Waals surface area contributed by atoms with Crippen LogP contribution in [0, 0.1) is 10.1 Å². The average Bonchev–Trinajstić information content (AvgIpc) is 3.00. The van der Waals surface area contributed by atoms with Gasteiger partial charge >= 0.3 is 12.1 Å². The largest absolute Gasteiger partial charge is 0.480 e. The predicted molar refractivity (Wildman–Crippen MR) is 100 cm³/mol. The Morgan fingerprint density at radius 2 is 2.00 bits per heavy atom. The van der Waals surface area contributed by atoms with Crippen molar-refractivity contribution in [2.24, 2.45) is 0 Å². The highest BCUT2D eigenvalue weighted by Crippen LogP contribution is 2.32. The monoisotopic (exact) mass is 410 g/mol. The lowest BCUT2D eigenvalue weighted by Gasteiger charge is -2.21. The number of nitro groups is 1. The van der Waals surface area contributed by atoms with Crippen molar-refractivity contribution in [3.63, 3.8) is 0 Å². The number of ether oxygens (including phenoxy) is 1. The van der Waals surface area contributed by atoms with Crippen molar-refractivity contribution in [2.75, 3.05) is 0 Å². The van der Waals surface area contributed by atoms with Crippen molar-refractivity contribution in [3.8, 4) is 11.3 Å². The fraction of sp³-hybridized carbons (Fsp3) is 0.333. The van der Waals surface area contributed by atoms with E-state index in [1.54, 1.807) is 20.8 Å². The first-order chi connectivity index (χ1) is 13.0. The van der Waals surface area contributed by atoms with E-state index in [9.17, 15) is 24.8 Å². The number of carbonyl (C=O) groups is 2. The van der Waals surface area contributed by atoms with Crippen molar-refractivity contribution in [1.82, 2.24) is 5.32 Å². The maximum absolute atomic E-state index is 11.8. The molecule has 0 aliphatic rings. The van der Waals surface area contributed by atoms with Crippen LogP contribution >= 0.6 is 11.6 Å². The number of carbonyl (C=O) groups excluding carboxylic acids is 1. The minimum Gasteiger partial charge on any atom is -0.480 e. The molecule has 10 heteroatoms. The van der Waals surface area contributed by atoms with Crippen molar-refractivity contribution in [2.45, 2.75) is 38.8 Å². The molecule has 0 spiro atoms. The summed E-state index contributed by atoms with van der Waals surface area (Å²) in [6, 6.07) is 5.65. The Bertz CT molecular complexity index is 902. The number of nitrogens with zero attached hydrogens (tertiary/aromatic N) is 1. The first-order valence-electron chi connectivity index (χ1n) is 8.21. The van der Waals surface area contributed by atoms with Gasteiger partial charge in [-0.25, -0.2) is 9.59 Å². The van der Waals surface area contributed by atoms with Gasteiger partial charge in [-0.15, -0.1) is 0 Å². The molecule has 1 aromatic carbocycles. The van der Waals surface area contributed by atoms with Crippen LogP contribution in [0.4, 0.5) is 10.5 Å². The van der Waals surface area contributed by atoms with Crippen LogP contribution in [0.15, 0.2) is 34.7 Å². The quantitative estimate of drug-likeness (QED) is 0.542. The van der Waals surface area contributed by atoms with E-state index in [1.165, 1.54) is 30.3 Å². The Kier molecular flexibility index (Phi) is 6.30. The van der Waals surface area contributed by atoms with Gasteiger partial charge in [-0.2, -0.15) is 0 Å². The van der Waals surface area contributed by atoms with E-state index >= 15 is 0 Å². The number of halogens is 1. The van der Waals surface area contributed by atoms with E-state index < -0.39 is 28.6 Å². The van der Waals surface area contributed by atoms with Crippen molar-refractivity contribution in [3.05, 3.63) is 51.2 Å². The summed E-state index contributed by atoms with van der Waals surface area (Å²) in [6.45, 7) is 4.97. The first kappa shape index (κ1) is 21.2. The van der Waals surface area contributed by atoms with E-state index in [1.807, 2.05) is 0 Å². The summed E-state index contributed by atoms with van der Waals surface area (Å²) < 4.78 is 10.6. The maximum Gasteiger partial charge on any atom is 0.408 e. The van der Waals surface area contributed by atoms with Gasteiger partial charge in [-0.05, 0) is 39.0 Å². The lowest BCUT2D eigenvalue weighted by Crippen LogP contribution is -2.44. The zero-order valence-corrected chi connectivity index (χ0v) is 16.1. The Labute approximate surface area is 165 Å². The number of hydrogen-bond donors (Lipinski definition) is 2. The van der Waals surface area contributed by atoms with Gasteiger partial charge in [0.25, 0.3) is 5.69 Å². The van der Waals surface area contributed by atoms with E-state index in [0.29, 0.717) is 5.56 Å². The smallest absolute Gasteiger partial charge is 0.408 e. The highest BCUT2D eigenvalue weighted by Gasteiger charge is 2.25. The molecule has 9 nitrogen and oxygen atoms in total. The van der Waals surface area contributed by atoms with Gasteiger partial charge in [0.1, 0.15) is 23.2 Å². The average molecular weight is 411 g/mol. The second-order valence-corrected chi connectivity index (χ2v) is 7.34. The summed E-state index contributed by atoms with van der Waals surface area (Å²) in [5.41, 5.74) is -0.634. The van der Waals surface area contributed by atoms with Crippen LogP contribution in [0.3, 0.4) is 0 Å². The molecular formula is C18H19ClN2O7. The molecule has 1 unspecified atom stereocenters. The molecule has 0 fully saturated rings. The Balaban J connectivity index is 2.18. The number of aliphatic carboxylic acids is 1. The molecule has 2 aromatic rings. The Morgan fingerprint density at radius 1 is 1.32 bits per heavy atom. The molecular weight excluding hydrogens is 392 g/mol. The minimum atomic E-state index is -1.28. The molecule has 1 atom stereocenters. The Hall–Kier alpha value is -3.07. The van der Waals surface area contributed by atoms with Crippen LogP contribution in [0.2, 0.25) is 5.02 Å². The second kappa shape index (κ2) is 8.30. The number of hydrogen-bond acceptors (Lipinski definition) is 6. The summed E-state index contributed by atoms with van der Waals surface area (Å²) in [4.78, 5) is 33.7. The van der Waals surface area contributed by atoms with Gasteiger partial charge in [0.2, 0.25) is 0 Å². The molecule has 1 aromatic heterocycles. The van der Waals surface area contributed by atoms with Crippen molar-refractivity contribution in [1.29, 1.82) is 0 Å². The van der Waals surface area contributed by atoms with Gasteiger partial charge in [-0.3, -0.25) is 10.1 Å². The van der Waals surface area contributed by atoms with Crippen LogP contribution in [0.25, 0.3) is 11.3 Å². The van der Waals surface area contributed by atoms with Gasteiger partial charge in [-0.1, -0.05) is 11.6 Å². The number of carboxylic acids is 1. The summed E-state index contributed by atoms with van der Waals surface area (Å²) >= 11 is 6.08. The van der Waals surface area contributed by atoms with E-state index in [0.717, 1.165) is 0 Å². The number of amides is 1. The third-order valence-electron chi connectivity index (χ3n) is 3.48. The summed E-state index contributed by atoms with van der Waals surface area (Å²) in [5, 5.41) is 22.8. The van der Waals surface area contributed by atoms with Crippen LogP contribution in [0.1, 0.15) is 26.5 Å². The second-order valence-electron chi connectivity index (χ2n) is 6.93. The summed E-state index contributed by atoms with van der Waals surface area (Å²) in [6.07, 6.45) is -1.02. The van der Waals surface area contributed by atoms with Crippen molar-refractivity contribution < 1.29 is 28.8 Å². The van der Waals surface area contributed by atoms with E-state index in [2.05, 4.69) is 5.32 Å². The zero-order chi connectivity index (χ0) is 21.1. The molecule has 150 valence electrons. The van der Waals surface area contributed by atoms with Crippen molar-refractivity contribution >= 4 is 29.4 Å². The highest BCUT2D eigenvalue weighted by atomic mass is 35.5. The fourth-order valence-corrected chi connectivity index (χ4v) is 2.51. The van der Waals surface area contributed by atoms with Crippen LogP contribution < -0.4 is 5.32 Å². The molecule has 1 amide bonds. The number of carboxylic acid groups (broad SMARTS) is 1. The number of furan rings is 1. The molecule has 1 heterocycles. The number of nitrogens with one attached hydrogen (secondary N) is 1. The summed E-state index contributed by atoms with van der Waals surface area (Å²) in [7, 11) is 0. The third-order valence-corrected chi connectivity index (χ3v) is 3.81. The molecule has 0 saturated carbocycles. The topological polar surface area (TPSA) is 132 Å². The standard InChI is InChI=1S/C18H19ClN2O7/c1-18(2,3)28-17(24)20-14(16(22)23)9-11-5-7-15(27-11)12-8-10(21(25)26)4-6-13(12)19/h4-8,14H,9H2,1-3H3,(H,20,24)(H,22,23). The minimum absolute atomic E-state index is 0.152. The third kappa shape index (κ3) is 5.71. The van der Waals surface area contributed by atoms with Crippen LogP contribution in [0.5, 0.6) is 0 Å². The lowest BCUT2D eigenvalue weighted by atomic mass is 10.1. The fourth-order valence-electron chi connectivity index (χ4n) is 2.30. The van der Waals surface area contributed by atoms with E-state index in [4.69, 9.17) is 20.8 Å². The van der Waals surface area contributed by atoms with Gasteiger partial charge < -0.3 is 19.6 Å². The summed E-state index contributed by atoms with van der Waals surface area (Å²) in [5.74, 6) is -0.775. The number of non-ortho nitro benzene ring substituents is 1. The van der Waals surface area contributed by atoms with Gasteiger partial charge in [0.15, 0.2) is 0 Å². The first-order valence-corrected chi connectivity index (χ1v) is 8.59.